The maximum atomic E-state index is 12.2. The fraction of sp³-hybridized carbons (Fsp3) is 0.263. The lowest BCUT2D eigenvalue weighted by atomic mass is 10.1. The molecule has 0 saturated carbocycles. The Morgan fingerprint density at radius 2 is 1.76 bits per heavy atom. The lowest BCUT2D eigenvalue weighted by molar-refractivity contribution is -0.119. The van der Waals surface area contributed by atoms with Gasteiger partial charge in [0, 0.05) is 11.8 Å². The van der Waals surface area contributed by atoms with E-state index < -0.39 is 11.9 Å². The van der Waals surface area contributed by atoms with Crippen LogP contribution in [0.15, 0.2) is 36.4 Å². The zero-order valence-electron chi connectivity index (χ0n) is 14.7. The van der Waals surface area contributed by atoms with Crippen LogP contribution in [0.25, 0.3) is 0 Å². The lowest BCUT2D eigenvalue weighted by Gasteiger charge is -2.11. The van der Waals surface area contributed by atoms with Crippen LogP contribution in [0.5, 0.6) is 11.5 Å². The van der Waals surface area contributed by atoms with Crippen LogP contribution in [0, 0.1) is 13.8 Å². The molecule has 2 rings (SSSR count). The van der Waals surface area contributed by atoms with Gasteiger partial charge in [-0.25, -0.2) is 4.79 Å². The second kappa shape index (κ2) is 8.19. The van der Waals surface area contributed by atoms with Crippen LogP contribution < -0.4 is 14.8 Å². The van der Waals surface area contributed by atoms with Gasteiger partial charge in [0.1, 0.15) is 17.1 Å². The topological polar surface area (TPSA) is 73.9 Å². The molecule has 132 valence electrons. The summed E-state index contributed by atoms with van der Waals surface area (Å²) in [6, 6.07) is 10.5. The van der Waals surface area contributed by atoms with Crippen molar-refractivity contribution in [1.82, 2.24) is 0 Å². The first kappa shape index (κ1) is 18.3. The Kier molecular flexibility index (Phi) is 6.00. The average molecular weight is 343 g/mol. The first-order valence-corrected chi connectivity index (χ1v) is 7.71. The number of rotatable bonds is 6. The number of esters is 1. The van der Waals surface area contributed by atoms with E-state index in [2.05, 4.69) is 5.32 Å². The molecule has 0 bridgehead atoms. The molecular formula is C19H21NO5. The van der Waals surface area contributed by atoms with Crippen LogP contribution in [0.1, 0.15) is 21.5 Å². The summed E-state index contributed by atoms with van der Waals surface area (Å²) in [5.41, 5.74) is 2.88. The summed E-state index contributed by atoms with van der Waals surface area (Å²) in [5, 5.41) is 2.74. The molecule has 1 N–H and O–H groups in total. The Bertz CT molecular complexity index is 785. The van der Waals surface area contributed by atoms with Gasteiger partial charge in [0.25, 0.3) is 5.91 Å². The maximum Gasteiger partial charge on any atom is 0.342 e. The van der Waals surface area contributed by atoms with Gasteiger partial charge in [-0.3, -0.25) is 4.79 Å². The molecule has 0 atom stereocenters. The second-order valence-electron chi connectivity index (χ2n) is 5.51. The molecule has 0 radical (unpaired) electrons. The number of hydrogen-bond donors (Lipinski definition) is 1. The van der Waals surface area contributed by atoms with Crippen molar-refractivity contribution >= 4 is 17.6 Å². The molecule has 0 aromatic heterocycles. The van der Waals surface area contributed by atoms with E-state index in [9.17, 15) is 9.59 Å². The number of hydrogen-bond acceptors (Lipinski definition) is 5. The summed E-state index contributed by atoms with van der Waals surface area (Å²) in [6.45, 7) is 3.44. The molecule has 1 amide bonds. The van der Waals surface area contributed by atoms with E-state index in [1.807, 2.05) is 32.0 Å². The number of carbonyl (C=O) groups is 2. The molecule has 0 unspecified atom stereocenters. The van der Waals surface area contributed by atoms with E-state index in [0.29, 0.717) is 17.2 Å². The highest BCUT2D eigenvalue weighted by Crippen LogP contribution is 2.25. The largest absolute Gasteiger partial charge is 0.497 e. The minimum atomic E-state index is -0.643. The second-order valence-corrected chi connectivity index (χ2v) is 5.51. The number of aryl methyl sites for hydroxylation is 2. The quantitative estimate of drug-likeness (QED) is 0.816. The zero-order valence-corrected chi connectivity index (χ0v) is 14.7. The lowest BCUT2D eigenvalue weighted by Crippen LogP contribution is -2.21. The highest BCUT2D eigenvalue weighted by molar-refractivity contribution is 5.97. The van der Waals surface area contributed by atoms with Gasteiger partial charge >= 0.3 is 5.97 Å². The predicted molar refractivity (Wildman–Crippen MR) is 94.4 cm³/mol. The Morgan fingerprint density at radius 3 is 2.44 bits per heavy atom. The SMILES string of the molecule is COc1ccc(C(=O)OCC(=O)Nc2cc(C)ccc2C)c(OC)c1. The van der Waals surface area contributed by atoms with E-state index in [1.54, 1.807) is 12.1 Å². The molecule has 0 spiro atoms. The molecule has 6 heteroatoms. The van der Waals surface area contributed by atoms with E-state index >= 15 is 0 Å². The Hall–Kier alpha value is -3.02. The third-order valence-corrected chi connectivity index (χ3v) is 3.63. The van der Waals surface area contributed by atoms with E-state index in [-0.39, 0.29) is 12.2 Å². The monoisotopic (exact) mass is 343 g/mol. The third-order valence-electron chi connectivity index (χ3n) is 3.63. The van der Waals surface area contributed by atoms with Crippen molar-refractivity contribution in [1.29, 1.82) is 0 Å². The Labute approximate surface area is 146 Å². The molecule has 6 nitrogen and oxygen atoms in total. The molecule has 0 fully saturated rings. The van der Waals surface area contributed by atoms with E-state index in [1.165, 1.54) is 20.3 Å². The summed E-state index contributed by atoms with van der Waals surface area (Å²) < 4.78 is 15.3. The first-order chi connectivity index (χ1) is 11.9. The molecule has 2 aromatic carbocycles. The van der Waals surface area contributed by atoms with Crippen LogP contribution in [0.4, 0.5) is 5.69 Å². The van der Waals surface area contributed by atoms with Crippen molar-refractivity contribution in [3.8, 4) is 11.5 Å². The van der Waals surface area contributed by atoms with Crippen molar-refractivity contribution in [3.05, 3.63) is 53.1 Å². The molecule has 0 aliphatic rings. The van der Waals surface area contributed by atoms with E-state index in [0.717, 1.165) is 11.1 Å². The summed E-state index contributed by atoms with van der Waals surface area (Å²) in [7, 11) is 2.96. The molecule has 25 heavy (non-hydrogen) atoms. The van der Waals surface area contributed by atoms with E-state index in [4.69, 9.17) is 14.2 Å². The van der Waals surface area contributed by atoms with Crippen molar-refractivity contribution < 1.29 is 23.8 Å². The van der Waals surface area contributed by atoms with Gasteiger partial charge < -0.3 is 19.5 Å². The van der Waals surface area contributed by atoms with Crippen LogP contribution in [0.2, 0.25) is 0 Å². The third kappa shape index (κ3) is 4.73. The molecule has 0 heterocycles. The number of amides is 1. The molecule has 2 aromatic rings. The van der Waals surface area contributed by atoms with Crippen LogP contribution >= 0.6 is 0 Å². The molecule has 0 aliphatic carbocycles. The molecule has 0 saturated heterocycles. The minimum absolute atomic E-state index is 0.225. The number of methoxy groups -OCH3 is 2. The summed E-state index contributed by atoms with van der Waals surface area (Å²) in [4.78, 5) is 24.2. The summed E-state index contributed by atoms with van der Waals surface area (Å²) >= 11 is 0. The summed E-state index contributed by atoms with van der Waals surface area (Å²) in [6.07, 6.45) is 0. The van der Waals surface area contributed by atoms with Gasteiger partial charge in [0.05, 0.1) is 14.2 Å². The van der Waals surface area contributed by atoms with Gasteiger partial charge in [-0.15, -0.1) is 0 Å². The maximum absolute atomic E-state index is 12.2. The van der Waals surface area contributed by atoms with Gasteiger partial charge in [0.15, 0.2) is 6.61 Å². The Balaban J connectivity index is 2.00. The molecular weight excluding hydrogens is 322 g/mol. The number of carbonyl (C=O) groups excluding carboxylic acids is 2. The number of nitrogens with one attached hydrogen (secondary N) is 1. The minimum Gasteiger partial charge on any atom is -0.497 e. The van der Waals surface area contributed by atoms with Crippen LogP contribution in [-0.2, 0) is 9.53 Å². The summed E-state index contributed by atoms with van der Waals surface area (Å²) in [5.74, 6) is -0.175. The zero-order chi connectivity index (χ0) is 18.4. The number of benzene rings is 2. The smallest absolute Gasteiger partial charge is 0.342 e. The number of anilines is 1. The Morgan fingerprint density at radius 1 is 1.00 bits per heavy atom. The highest BCUT2D eigenvalue weighted by atomic mass is 16.5. The van der Waals surface area contributed by atoms with Crippen molar-refractivity contribution in [2.24, 2.45) is 0 Å². The van der Waals surface area contributed by atoms with Crippen LogP contribution in [0.3, 0.4) is 0 Å². The normalized spacial score (nSPS) is 10.1. The highest BCUT2D eigenvalue weighted by Gasteiger charge is 2.16. The van der Waals surface area contributed by atoms with Crippen molar-refractivity contribution in [3.63, 3.8) is 0 Å². The van der Waals surface area contributed by atoms with Crippen molar-refractivity contribution in [2.75, 3.05) is 26.1 Å². The van der Waals surface area contributed by atoms with Gasteiger partial charge in [-0.1, -0.05) is 12.1 Å². The van der Waals surface area contributed by atoms with Gasteiger partial charge in [-0.2, -0.15) is 0 Å². The van der Waals surface area contributed by atoms with Crippen LogP contribution in [-0.4, -0.2) is 32.7 Å². The number of ether oxygens (including phenoxy) is 3. The van der Waals surface area contributed by atoms with Gasteiger partial charge in [-0.05, 0) is 43.2 Å². The predicted octanol–water partition coefficient (Wildman–Crippen LogP) is 3.12. The first-order valence-electron chi connectivity index (χ1n) is 7.71. The average Bonchev–Trinajstić information content (AvgIpc) is 2.62. The fourth-order valence-electron chi connectivity index (χ4n) is 2.23. The fourth-order valence-corrected chi connectivity index (χ4v) is 2.23. The molecule has 0 aliphatic heterocycles. The van der Waals surface area contributed by atoms with Gasteiger partial charge in [0.2, 0.25) is 0 Å². The van der Waals surface area contributed by atoms with Crippen molar-refractivity contribution in [2.45, 2.75) is 13.8 Å². The standard InChI is InChI=1S/C19H21NO5/c1-12-5-6-13(2)16(9-12)20-18(21)11-25-19(22)15-8-7-14(23-3)10-17(15)24-4/h5-10H,11H2,1-4H3,(H,20,21).